The number of halogens is 3. The molecule has 0 saturated carbocycles. The summed E-state index contributed by atoms with van der Waals surface area (Å²) in [5.41, 5.74) is -5.21. The van der Waals surface area contributed by atoms with Crippen LogP contribution in [0.4, 0.5) is 18.0 Å². The number of ketones is 1. The summed E-state index contributed by atoms with van der Waals surface area (Å²) in [6.45, 7) is 0. The number of likely N-dealkylation sites (N-methyl/N-ethyl adjacent to an activating group) is 1. The molecule has 6 nitrogen and oxygen atoms in total. The van der Waals surface area contributed by atoms with Gasteiger partial charge >= 0.3 is 12.2 Å². The van der Waals surface area contributed by atoms with Crippen LogP contribution < -0.4 is 10.1 Å². The Morgan fingerprint density at radius 2 is 1.69 bits per heavy atom. The maximum atomic E-state index is 14.0. The molecule has 0 spiro atoms. The van der Waals surface area contributed by atoms with Gasteiger partial charge in [-0.25, -0.2) is 4.79 Å². The Bertz CT molecular complexity index is 971. The van der Waals surface area contributed by atoms with Gasteiger partial charge in [0.05, 0.1) is 18.4 Å². The number of nitrogens with zero attached hydrogens (tertiary/aromatic N) is 1. The number of Topliss-reactive ketones (excluding diaryl/α,β-unsaturated/α-hetero) is 1. The quantitative estimate of drug-likeness (QED) is 0.765. The number of alkyl halides is 3. The number of ether oxygens (including phenoxy) is 1. The highest BCUT2D eigenvalue weighted by Crippen LogP contribution is 2.44. The molecule has 0 aliphatic carbocycles. The van der Waals surface area contributed by atoms with Crippen molar-refractivity contribution in [3.8, 4) is 5.75 Å². The van der Waals surface area contributed by atoms with E-state index in [1.807, 2.05) is 0 Å². The Kier molecular flexibility index (Phi) is 5.10. The van der Waals surface area contributed by atoms with Crippen molar-refractivity contribution in [1.29, 1.82) is 0 Å². The minimum atomic E-state index is -5.34. The summed E-state index contributed by atoms with van der Waals surface area (Å²) in [4.78, 5) is 25.4. The lowest BCUT2D eigenvalue weighted by Crippen LogP contribution is -2.66. The zero-order valence-electron chi connectivity index (χ0n) is 15.4. The average molecular weight is 406 g/mol. The second kappa shape index (κ2) is 7.25. The highest BCUT2D eigenvalue weighted by atomic mass is 19.4. The zero-order valence-corrected chi connectivity index (χ0v) is 15.4. The first kappa shape index (κ1) is 20.4. The van der Waals surface area contributed by atoms with Crippen molar-refractivity contribution >= 4 is 17.5 Å². The van der Waals surface area contributed by atoms with Crippen LogP contribution in [0.2, 0.25) is 0 Å². The van der Waals surface area contributed by atoms with Crippen LogP contribution in [0.3, 0.4) is 0 Å². The number of carbonyl (C=O) groups excluding carboxylic acids is 2. The van der Waals surface area contributed by atoms with E-state index in [2.05, 4.69) is 5.32 Å². The molecule has 0 saturated heterocycles. The molecule has 0 aromatic heterocycles. The summed E-state index contributed by atoms with van der Waals surface area (Å²) in [6.07, 6.45) is -5.34. The van der Waals surface area contributed by atoms with Gasteiger partial charge in [-0.1, -0.05) is 30.3 Å². The van der Waals surface area contributed by atoms with Crippen LogP contribution in [0.15, 0.2) is 60.2 Å². The van der Waals surface area contributed by atoms with Crippen molar-refractivity contribution in [2.45, 2.75) is 11.9 Å². The molecule has 1 atom stereocenters. The summed E-state index contributed by atoms with van der Waals surface area (Å²) in [5.74, 6) is -0.640. The van der Waals surface area contributed by atoms with E-state index >= 15 is 0 Å². The fraction of sp³-hybridized carbons (Fsp3) is 0.200. The summed E-state index contributed by atoms with van der Waals surface area (Å²) < 4.78 is 47.0. The van der Waals surface area contributed by atoms with Crippen molar-refractivity contribution in [3.05, 3.63) is 71.3 Å². The standard InChI is InChI=1S/C20H17F3N2O4/c1-25-18(27)24-16(12-8-10-14(29-2)11-9-12)15(19(25,28)20(21,22)23)17(26)13-6-4-3-5-7-13/h3-11,28H,1-2H3,(H,24,27). The molecular weight excluding hydrogens is 389 g/mol. The minimum absolute atomic E-state index is 0.0657. The third-order valence-electron chi connectivity index (χ3n) is 4.66. The largest absolute Gasteiger partial charge is 0.497 e. The summed E-state index contributed by atoms with van der Waals surface area (Å²) in [7, 11) is 2.18. The molecular formula is C20H17F3N2O4. The van der Waals surface area contributed by atoms with Crippen molar-refractivity contribution in [2.24, 2.45) is 0 Å². The predicted molar refractivity (Wildman–Crippen MR) is 98.0 cm³/mol. The highest BCUT2D eigenvalue weighted by Gasteiger charge is 2.65. The molecule has 1 unspecified atom stereocenters. The van der Waals surface area contributed by atoms with Crippen LogP contribution in [0.1, 0.15) is 15.9 Å². The van der Waals surface area contributed by atoms with Crippen molar-refractivity contribution in [2.75, 3.05) is 14.2 Å². The van der Waals surface area contributed by atoms with Gasteiger partial charge in [0.2, 0.25) is 0 Å². The van der Waals surface area contributed by atoms with Gasteiger partial charge in [0, 0.05) is 12.6 Å². The number of rotatable bonds is 4. The van der Waals surface area contributed by atoms with Gasteiger partial charge in [-0.2, -0.15) is 13.2 Å². The van der Waals surface area contributed by atoms with Gasteiger partial charge in [0.25, 0.3) is 5.72 Å². The molecule has 1 aliphatic heterocycles. The third-order valence-corrected chi connectivity index (χ3v) is 4.66. The van der Waals surface area contributed by atoms with E-state index in [0.29, 0.717) is 5.75 Å². The second-order valence-electron chi connectivity index (χ2n) is 6.33. The van der Waals surface area contributed by atoms with E-state index in [1.54, 1.807) is 6.07 Å². The second-order valence-corrected chi connectivity index (χ2v) is 6.33. The summed E-state index contributed by atoms with van der Waals surface area (Å²) in [6, 6.07) is 11.7. The fourth-order valence-corrected chi connectivity index (χ4v) is 3.05. The first-order valence-electron chi connectivity index (χ1n) is 8.44. The smallest absolute Gasteiger partial charge is 0.441 e. The van der Waals surface area contributed by atoms with Gasteiger partial charge < -0.3 is 15.2 Å². The Morgan fingerprint density at radius 3 is 2.21 bits per heavy atom. The van der Waals surface area contributed by atoms with Crippen LogP contribution >= 0.6 is 0 Å². The molecule has 0 bridgehead atoms. The van der Waals surface area contributed by atoms with Crippen LogP contribution in [-0.4, -0.2) is 47.9 Å². The lowest BCUT2D eigenvalue weighted by Gasteiger charge is -2.43. The topological polar surface area (TPSA) is 78.9 Å². The number of hydrogen-bond acceptors (Lipinski definition) is 4. The molecule has 2 aromatic rings. The van der Waals surface area contributed by atoms with Crippen molar-refractivity contribution < 1.29 is 32.6 Å². The molecule has 2 amide bonds. The lowest BCUT2D eigenvalue weighted by atomic mass is 9.87. The summed E-state index contributed by atoms with van der Waals surface area (Å²) in [5, 5.41) is 13.0. The SMILES string of the molecule is COc1ccc(C2=C(C(=O)c3ccccc3)C(O)(C(F)(F)F)N(C)C(=O)N2)cc1. The van der Waals surface area contributed by atoms with E-state index < -0.39 is 35.0 Å². The fourth-order valence-electron chi connectivity index (χ4n) is 3.05. The Labute approximate surface area is 164 Å². The molecule has 1 aliphatic rings. The number of hydrogen-bond donors (Lipinski definition) is 2. The van der Waals surface area contributed by atoms with Crippen LogP contribution in [0.5, 0.6) is 5.75 Å². The molecule has 9 heteroatoms. The van der Waals surface area contributed by atoms with Gasteiger partial charge in [0.1, 0.15) is 5.75 Å². The first-order chi connectivity index (χ1) is 13.6. The van der Waals surface area contributed by atoms with Crippen LogP contribution in [-0.2, 0) is 0 Å². The number of methoxy groups -OCH3 is 1. The van der Waals surface area contributed by atoms with Crippen molar-refractivity contribution in [3.63, 3.8) is 0 Å². The number of aliphatic hydroxyl groups is 1. The number of nitrogens with one attached hydrogen (secondary N) is 1. The molecule has 29 heavy (non-hydrogen) atoms. The zero-order chi connectivity index (χ0) is 21.4. The lowest BCUT2D eigenvalue weighted by molar-refractivity contribution is -0.282. The van der Waals surface area contributed by atoms with Gasteiger partial charge in [0.15, 0.2) is 5.78 Å². The van der Waals surface area contributed by atoms with Crippen LogP contribution in [0, 0.1) is 0 Å². The molecule has 2 N–H and O–H groups in total. The molecule has 152 valence electrons. The van der Waals surface area contributed by atoms with Gasteiger partial charge in [-0.15, -0.1) is 0 Å². The maximum absolute atomic E-state index is 14.0. The van der Waals surface area contributed by atoms with E-state index in [-0.39, 0.29) is 16.0 Å². The van der Waals surface area contributed by atoms with E-state index in [9.17, 15) is 27.9 Å². The normalized spacial score (nSPS) is 19.8. The van der Waals surface area contributed by atoms with E-state index in [1.165, 1.54) is 55.6 Å². The molecule has 3 rings (SSSR count). The highest BCUT2D eigenvalue weighted by molar-refractivity contribution is 6.16. The Morgan fingerprint density at radius 1 is 1.10 bits per heavy atom. The van der Waals surface area contributed by atoms with Crippen molar-refractivity contribution in [1.82, 2.24) is 10.2 Å². The van der Waals surface area contributed by atoms with E-state index in [4.69, 9.17) is 4.74 Å². The molecule has 0 radical (unpaired) electrons. The molecule has 2 aromatic carbocycles. The van der Waals surface area contributed by atoms with Crippen LogP contribution in [0.25, 0.3) is 5.70 Å². The third kappa shape index (κ3) is 3.33. The minimum Gasteiger partial charge on any atom is -0.497 e. The number of carbonyl (C=O) groups is 2. The molecule has 1 heterocycles. The Balaban J connectivity index is 2.32. The van der Waals surface area contributed by atoms with E-state index in [0.717, 1.165) is 7.05 Å². The van der Waals surface area contributed by atoms with Gasteiger partial charge in [-0.05, 0) is 29.8 Å². The first-order valence-corrected chi connectivity index (χ1v) is 8.44. The summed E-state index contributed by atoms with van der Waals surface area (Å²) >= 11 is 0. The predicted octanol–water partition coefficient (Wildman–Crippen LogP) is 3.20. The molecule has 0 fully saturated rings. The maximum Gasteiger partial charge on any atom is 0.441 e. The number of benzene rings is 2. The Hall–Kier alpha value is -3.33. The average Bonchev–Trinajstić information content (AvgIpc) is 2.71. The monoisotopic (exact) mass is 406 g/mol. The van der Waals surface area contributed by atoms with Gasteiger partial charge in [-0.3, -0.25) is 9.69 Å². The number of amides is 2. The number of urea groups is 1.